The molecule has 0 spiro atoms. The first kappa shape index (κ1) is 24.0. The van der Waals surface area contributed by atoms with Gasteiger partial charge in [-0.25, -0.2) is 14.8 Å². The van der Waals surface area contributed by atoms with Gasteiger partial charge in [0.05, 0.1) is 32.6 Å². The quantitative estimate of drug-likeness (QED) is 0.222. The number of anilines is 1. The van der Waals surface area contributed by atoms with Crippen LogP contribution in [0.4, 0.5) is 5.13 Å². The van der Waals surface area contributed by atoms with Gasteiger partial charge >= 0.3 is 5.97 Å². The van der Waals surface area contributed by atoms with Crippen molar-refractivity contribution in [2.24, 2.45) is 0 Å². The van der Waals surface area contributed by atoms with Gasteiger partial charge in [0.25, 0.3) is 5.91 Å². The highest BCUT2D eigenvalue weighted by Gasteiger charge is 2.19. The van der Waals surface area contributed by atoms with Crippen molar-refractivity contribution in [3.63, 3.8) is 0 Å². The predicted molar refractivity (Wildman–Crippen MR) is 152 cm³/mol. The van der Waals surface area contributed by atoms with Crippen molar-refractivity contribution in [1.29, 1.82) is 0 Å². The van der Waals surface area contributed by atoms with Gasteiger partial charge in [0.1, 0.15) is 10.8 Å². The number of amides is 1. The van der Waals surface area contributed by atoms with Crippen LogP contribution in [0.25, 0.3) is 41.8 Å². The molecule has 0 saturated carbocycles. The largest absolute Gasteiger partial charge is 0.494 e. The highest BCUT2D eigenvalue weighted by atomic mass is 32.1. The molecular weight excluding hydrogens is 518 g/mol. The lowest BCUT2D eigenvalue weighted by molar-refractivity contribution is -0.119. The van der Waals surface area contributed by atoms with Crippen LogP contribution in [0.15, 0.2) is 78.9 Å². The molecule has 0 unspecified atom stereocenters. The van der Waals surface area contributed by atoms with Crippen LogP contribution >= 0.6 is 22.7 Å². The average Bonchev–Trinajstić information content (AvgIpc) is 3.54. The van der Waals surface area contributed by atoms with E-state index in [0.717, 1.165) is 47.5 Å². The topological polar surface area (TPSA) is 90.4 Å². The average molecular weight is 540 g/mol. The highest BCUT2D eigenvalue weighted by Crippen LogP contribution is 2.36. The molecule has 2 heterocycles. The lowest BCUT2D eigenvalue weighted by Crippen LogP contribution is -2.21. The van der Waals surface area contributed by atoms with E-state index in [1.54, 1.807) is 23.5 Å². The smallest absolute Gasteiger partial charge is 0.339 e. The molecule has 188 valence electrons. The minimum atomic E-state index is -0.579. The molecule has 6 aromatic rings. The Morgan fingerprint density at radius 1 is 0.868 bits per heavy atom. The second-order valence-electron chi connectivity index (χ2n) is 8.40. The molecule has 7 nitrogen and oxygen atoms in total. The number of ether oxygens (including phenoxy) is 2. The second-order valence-corrected chi connectivity index (χ2v) is 10.5. The molecule has 0 aliphatic carbocycles. The summed E-state index contributed by atoms with van der Waals surface area (Å²) in [5.41, 5.74) is 2.89. The van der Waals surface area contributed by atoms with E-state index in [-0.39, 0.29) is 0 Å². The highest BCUT2D eigenvalue weighted by molar-refractivity contribution is 7.22. The molecule has 1 N–H and O–H groups in total. The van der Waals surface area contributed by atoms with Crippen LogP contribution in [0.1, 0.15) is 17.3 Å². The Balaban J connectivity index is 1.21. The Bertz CT molecular complexity index is 1790. The van der Waals surface area contributed by atoms with Crippen LogP contribution in [0.2, 0.25) is 0 Å². The van der Waals surface area contributed by atoms with Crippen LogP contribution in [0, 0.1) is 0 Å². The van der Waals surface area contributed by atoms with Gasteiger partial charge in [-0.3, -0.25) is 10.1 Å². The SMILES string of the molecule is CCOc1ccc2nc(NC(=O)COC(=O)c3cccc4cccc(-c5nc6ccccc6s5)c34)sc2c1. The Hall–Kier alpha value is -4.34. The molecule has 38 heavy (non-hydrogen) atoms. The van der Waals surface area contributed by atoms with Crippen LogP contribution in [-0.4, -0.2) is 35.1 Å². The van der Waals surface area contributed by atoms with Crippen LogP contribution in [0.5, 0.6) is 5.75 Å². The van der Waals surface area contributed by atoms with Crippen molar-refractivity contribution in [3.8, 4) is 16.3 Å². The molecule has 0 radical (unpaired) electrons. The summed E-state index contributed by atoms with van der Waals surface area (Å²) in [6, 6.07) is 24.8. The standard InChI is InChI=1S/C29H21N3O4S2/c1-2-35-18-13-14-22-24(15-18)38-29(31-22)32-25(33)16-36-28(34)20-10-6-8-17-7-5-9-19(26(17)20)27-30-21-11-3-4-12-23(21)37-27/h3-15H,2,16H2,1H3,(H,31,32,33). The Morgan fingerprint density at radius 2 is 1.68 bits per heavy atom. The van der Waals surface area contributed by atoms with E-state index >= 15 is 0 Å². The van der Waals surface area contributed by atoms with Gasteiger partial charge in [-0.15, -0.1) is 11.3 Å². The predicted octanol–water partition coefficient (Wildman–Crippen LogP) is 6.92. The summed E-state index contributed by atoms with van der Waals surface area (Å²) < 4.78 is 12.9. The number of benzene rings is 4. The van der Waals surface area contributed by atoms with E-state index in [1.165, 1.54) is 11.3 Å². The lowest BCUT2D eigenvalue weighted by atomic mass is 9.99. The third kappa shape index (κ3) is 4.69. The Labute approximate surface area is 225 Å². The van der Waals surface area contributed by atoms with E-state index in [2.05, 4.69) is 10.3 Å². The fraction of sp³-hybridized carbons (Fsp3) is 0.103. The van der Waals surface area contributed by atoms with Crippen LogP contribution in [-0.2, 0) is 9.53 Å². The van der Waals surface area contributed by atoms with E-state index < -0.39 is 18.5 Å². The van der Waals surface area contributed by atoms with Crippen molar-refractivity contribution < 1.29 is 19.1 Å². The van der Waals surface area contributed by atoms with Gasteiger partial charge in [0.2, 0.25) is 0 Å². The number of nitrogens with zero attached hydrogens (tertiary/aromatic N) is 2. The van der Waals surface area contributed by atoms with Crippen molar-refractivity contribution in [1.82, 2.24) is 9.97 Å². The number of rotatable bonds is 7. The van der Waals surface area contributed by atoms with E-state index in [4.69, 9.17) is 14.5 Å². The number of fused-ring (bicyclic) bond motifs is 3. The molecule has 0 saturated heterocycles. The van der Waals surface area contributed by atoms with E-state index in [0.29, 0.717) is 17.3 Å². The summed E-state index contributed by atoms with van der Waals surface area (Å²) in [6.07, 6.45) is 0. The zero-order valence-corrected chi connectivity index (χ0v) is 21.9. The molecule has 2 aromatic heterocycles. The molecule has 0 bridgehead atoms. The second kappa shape index (κ2) is 10.2. The van der Waals surface area contributed by atoms with Gasteiger partial charge in [-0.1, -0.05) is 53.8 Å². The normalized spacial score (nSPS) is 11.2. The summed E-state index contributed by atoms with van der Waals surface area (Å²) in [4.78, 5) is 35.0. The van der Waals surface area contributed by atoms with E-state index in [1.807, 2.05) is 73.7 Å². The first-order chi connectivity index (χ1) is 18.6. The van der Waals surface area contributed by atoms with Crippen molar-refractivity contribution in [2.75, 3.05) is 18.5 Å². The summed E-state index contributed by atoms with van der Waals surface area (Å²) in [7, 11) is 0. The number of thiazole rings is 2. The number of nitrogens with one attached hydrogen (secondary N) is 1. The first-order valence-corrected chi connectivity index (χ1v) is 13.6. The van der Waals surface area contributed by atoms with Gasteiger partial charge in [0.15, 0.2) is 11.7 Å². The van der Waals surface area contributed by atoms with E-state index in [9.17, 15) is 9.59 Å². The number of carbonyl (C=O) groups excluding carboxylic acids is 2. The fourth-order valence-electron chi connectivity index (χ4n) is 4.26. The molecule has 0 aliphatic rings. The van der Waals surface area contributed by atoms with Crippen LogP contribution in [0.3, 0.4) is 0 Å². The van der Waals surface area contributed by atoms with Gasteiger partial charge in [-0.2, -0.15) is 0 Å². The summed E-state index contributed by atoms with van der Waals surface area (Å²) in [6.45, 7) is 2.06. The molecule has 1 amide bonds. The Kier molecular flexibility index (Phi) is 6.45. The minimum absolute atomic E-state index is 0.383. The van der Waals surface area contributed by atoms with Crippen molar-refractivity contribution in [3.05, 3.63) is 84.4 Å². The number of hydrogen-bond acceptors (Lipinski definition) is 8. The van der Waals surface area contributed by atoms with Gasteiger partial charge in [-0.05, 0) is 48.7 Å². The van der Waals surface area contributed by atoms with Gasteiger partial charge < -0.3 is 9.47 Å². The molecule has 0 aliphatic heterocycles. The maximum absolute atomic E-state index is 13.2. The monoisotopic (exact) mass is 539 g/mol. The molecular formula is C29H21N3O4S2. The third-order valence-corrected chi connectivity index (χ3v) is 7.90. The molecule has 4 aromatic carbocycles. The zero-order valence-electron chi connectivity index (χ0n) is 20.3. The molecule has 0 atom stereocenters. The Morgan fingerprint density at radius 3 is 2.53 bits per heavy atom. The first-order valence-electron chi connectivity index (χ1n) is 12.0. The minimum Gasteiger partial charge on any atom is -0.494 e. The fourth-order valence-corrected chi connectivity index (χ4v) is 6.16. The van der Waals surface area contributed by atoms with Crippen molar-refractivity contribution >= 4 is 70.9 Å². The van der Waals surface area contributed by atoms with Crippen molar-refractivity contribution in [2.45, 2.75) is 6.92 Å². The summed E-state index contributed by atoms with van der Waals surface area (Å²) in [5.74, 6) is -0.296. The number of carbonyl (C=O) groups is 2. The summed E-state index contributed by atoms with van der Waals surface area (Å²) in [5, 5.41) is 5.60. The zero-order chi connectivity index (χ0) is 26.1. The summed E-state index contributed by atoms with van der Waals surface area (Å²) >= 11 is 2.90. The van der Waals surface area contributed by atoms with Gasteiger partial charge in [0, 0.05) is 10.9 Å². The maximum atomic E-state index is 13.2. The number of aromatic nitrogens is 2. The molecule has 9 heteroatoms. The van der Waals surface area contributed by atoms with Crippen LogP contribution < -0.4 is 10.1 Å². The lowest BCUT2D eigenvalue weighted by Gasteiger charge is -2.10. The number of esters is 1. The number of hydrogen-bond donors (Lipinski definition) is 1. The third-order valence-electron chi connectivity index (χ3n) is 5.90. The molecule has 6 rings (SSSR count). The molecule has 0 fully saturated rings. The maximum Gasteiger partial charge on any atom is 0.339 e. The number of para-hydroxylation sites is 1.